The van der Waals surface area contributed by atoms with Gasteiger partial charge in [-0.15, -0.1) is 11.8 Å². The Bertz CT molecular complexity index is 523. The van der Waals surface area contributed by atoms with Crippen molar-refractivity contribution in [2.75, 3.05) is 18.2 Å². The minimum atomic E-state index is -0.985. The molecule has 8 heteroatoms. The molecule has 1 fully saturated rings. The van der Waals surface area contributed by atoms with E-state index in [4.69, 9.17) is 4.74 Å². The van der Waals surface area contributed by atoms with Gasteiger partial charge in [0.1, 0.15) is 6.04 Å². The maximum atomic E-state index is 12.3. The van der Waals surface area contributed by atoms with Crippen LogP contribution in [0.5, 0.6) is 5.88 Å². The Morgan fingerprint density at radius 2 is 2.33 bits per heavy atom. The molecule has 114 valence electrons. The van der Waals surface area contributed by atoms with Gasteiger partial charge >= 0.3 is 12.0 Å². The first-order chi connectivity index (χ1) is 10.1. The molecule has 1 aromatic rings. The molecule has 1 aromatic heterocycles. The van der Waals surface area contributed by atoms with Crippen molar-refractivity contribution in [3.63, 3.8) is 0 Å². The molecule has 2 atom stereocenters. The third-order valence-electron chi connectivity index (χ3n) is 3.16. The van der Waals surface area contributed by atoms with Crippen LogP contribution < -0.4 is 10.1 Å². The first kappa shape index (κ1) is 15.4. The lowest BCUT2D eigenvalue weighted by Crippen LogP contribution is -2.47. The predicted molar refractivity (Wildman–Crippen MR) is 79.6 cm³/mol. The molecule has 2 heterocycles. The average Bonchev–Trinajstić information content (AvgIpc) is 2.92. The summed E-state index contributed by atoms with van der Waals surface area (Å²) in [5, 5.41) is 11.8. The molecule has 0 aromatic carbocycles. The van der Waals surface area contributed by atoms with Crippen LogP contribution in [0.2, 0.25) is 0 Å². The topological polar surface area (TPSA) is 91.8 Å². The highest BCUT2D eigenvalue weighted by Gasteiger charge is 2.40. The molecule has 1 aliphatic heterocycles. The van der Waals surface area contributed by atoms with Crippen LogP contribution in [0.3, 0.4) is 0 Å². The molecular formula is C13H17N3O4S. The van der Waals surface area contributed by atoms with Crippen molar-refractivity contribution in [3.05, 3.63) is 18.3 Å². The molecule has 7 nitrogen and oxygen atoms in total. The van der Waals surface area contributed by atoms with E-state index in [1.807, 2.05) is 6.92 Å². The van der Waals surface area contributed by atoms with Crippen molar-refractivity contribution in [1.82, 2.24) is 9.88 Å². The highest BCUT2D eigenvalue weighted by atomic mass is 32.2. The lowest BCUT2D eigenvalue weighted by atomic mass is 10.2. The maximum absolute atomic E-state index is 12.3. The monoisotopic (exact) mass is 311 g/mol. The Kier molecular flexibility index (Phi) is 4.89. The molecule has 1 saturated heterocycles. The third kappa shape index (κ3) is 3.38. The van der Waals surface area contributed by atoms with E-state index in [0.29, 0.717) is 23.7 Å². The molecule has 21 heavy (non-hydrogen) atoms. The van der Waals surface area contributed by atoms with Gasteiger partial charge in [-0.05, 0) is 12.5 Å². The van der Waals surface area contributed by atoms with Gasteiger partial charge in [0.2, 0.25) is 5.88 Å². The summed E-state index contributed by atoms with van der Waals surface area (Å²) in [6.45, 7) is 1.93. The number of thioether (sulfide) groups is 1. The van der Waals surface area contributed by atoms with Gasteiger partial charge in [0.15, 0.2) is 0 Å². The summed E-state index contributed by atoms with van der Waals surface area (Å²) in [5.41, 5.74) is 0.497. The number of hydrogen-bond acceptors (Lipinski definition) is 5. The smallest absolute Gasteiger partial charge is 0.327 e. The first-order valence-corrected chi connectivity index (χ1v) is 7.55. The van der Waals surface area contributed by atoms with Crippen molar-refractivity contribution >= 4 is 29.4 Å². The van der Waals surface area contributed by atoms with Crippen LogP contribution in [0.4, 0.5) is 10.5 Å². The molecule has 0 spiro atoms. The van der Waals surface area contributed by atoms with Gasteiger partial charge in [0, 0.05) is 11.8 Å². The summed E-state index contributed by atoms with van der Waals surface area (Å²) < 4.78 is 4.94. The number of carbonyl (C=O) groups excluding carboxylic acids is 1. The number of aliphatic carboxylic acids is 1. The van der Waals surface area contributed by atoms with Crippen LogP contribution in [0.15, 0.2) is 18.3 Å². The molecule has 2 rings (SSSR count). The Morgan fingerprint density at radius 1 is 1.57 bits per heavy atom. The van der Waals surface area contributed by atoms with Crippen molar-refractivity contribution in [2.45, 2.75) is 24.8 Å². The number of urea groups is 1. The van der Waals surface area contributed by atoms with E-state index >= 15 is 0 Å². The fourth-order valence-electron chi connectivity index (χ4n) is 2.10. The number of carboxylic acid groups (broad SMARTS) is 1. The number of nitrogens with one attached hydrogen (secondary N) is 1. The molecular weight excluding hydrogens is 294 g/mol. The van der Waals surface area contributed by atoms with E-state index in [0.717, 1.165) is 0 Å². The largest absolute Gasteiger partial charge is 0.481 e. The number of rotatable bonds is 4. The molecule has 0 bridgehead atoms. The lowest BCUT2D eigenvalue weighted by molar-refractivity contribution is -0.141. The normalized spacial score (nSPS) is 21.1. The van der Waals surface area contributed by atoms with Crippen LogP contribution in [0.1, 0.15) is 13.3 Å². The number of methoxy groups -OCH3 is 1. The second-order valence-corrected chi connectivity index (χ2v) is 5.69. The lowest BCUT2D eigenvalue weighted by Gasteiger charge is -2.26. The van der Waals surface area contributed by atoms with Crippen LogP contribution in [-0.2, 0) is 4.79 Å². The summed E-state index contributed by atoms with van der Waals surface area (Å²) >= 11 is 1.48. The van der Waals surface area contributed by atoms with Gasteiger partial charge in [-0.25, -0.2) is 14.6 Å². The van der Waals surface area contributed by atoms with E-state index in [9.17, 15) is 14.7 Å². The number of hydrogen-bond donors (Lipinski definition) is 2. The van der Waals surface area contributed by atoms with E-state index in [2.05, 4.69) is 10.3 Å². The number of carboxylic acids is 1. The number of nitrogens with zero attached hydrogens (tertiary/aromatic N) is 2. The van der Waals surface area contributed by atoms with Crippen LogP contribution in [-0.4, -0.2) is 51.3 Å². The van der Waals surface area contributed by atoms with Crippen molar-refractivity contribution < 1.29 is 19.4 Å². The van der Waals surface area contributed by atoms with Crippen LogP contribution >= 0.6 is 11.8 Å². The Labute approximate surface area is 126 Å². The number of amides is 2. The second-order valence-electron chi connectivity index (χ2n) is 4.48. The van der Waals surface area contributed by atoms with E-state index in [-0.39, 0.29) is 5.37 Å². The van der Waals surface area contributed by atoms with Crippen molar-refractivity contribution in [3.8, 4) is 5.88 Å². The molecule has 0 radical (unpaired) electrons. The summed E-state index contributed by atoms with van der Waals surface area (Å²) in [6, 6.07) is 2.06. The second kappa shape index (κ2) is 6.66. The minimum Gasteiger partial charge on any atom is -0.481 e. The zero-order valence-corrected chi connectivity index (χ0v) is 12.6. The minimum absolute atomic E-state index is 0.127. The fourth-order valence-corrected chi connectivity index (χ4v) is 3.45. The van der Waals surface area contributed by atoms with Gasteiger partial charge in [-0.2, -0.15) is 0 Å². The Balaban J connectivity index is 2.10. The number of carbonyl (C=O) groups is 2. The highest BCUT2D eigenvalue weighted by Crippen LogP contribution is 2.31. The van der Waals surface area contributed by atoms with Crippen LogP contribution in [0, 0.1) is 0 Å². The maximum Gasteiger partial charge on any atom is 0.327 e. The molecule has 2 amide bonds. The van der Waals surface area contributed by atoms with Gasteiger partial charge in [0.05, 0.1) is 24.4 Å². The highest BCUT2D eigenvalue weighted by molar-refractivity contribution is 8.00. The SMILES string of the molecule is CCC1SCC(C(=O)O)N1C(=O)Nc1ccc(OC)nc1. The average molecular weight is 311 g/mol. The van der Waals surface area contributed by atoms with Crippen molar-refractivity contribution in [1.29, 1.82) is 0 Å². The summed E-state index contributed by atoms with van der Waals surface area (Å²) in [5.74, 6) is -0.136. The molecule has 1 aliphatic rings. The number of anilines is 1. The summed E-state index contributed by atoms with van der Waals surface area (Å²) in [4.78, 5) is 29.0. The molecule has 0 saturated carbocycles. The fraction of sp³-hybridized carbons (Fsp3) is 0.462. The molecule has 0 aliphatic carbocycles. The zero-order valence-electron chi connectivity index (χ0n) is 11.8. The predicted octanol–water partition coefficient (Wildman–Crippen LogP) is 1.86. The third-order valence-corrected chi connectivity index (χ3v) is 4.61. The summed E-state index contributed by atoms with van der Waals surface area (Å²) in [7, 11) is 1.51. The van der Waals surface area contributed by atoms with Gasteiger partial charge < -0.3 is 15.2 Å². The van der Waals surface area contributed by atoms with E-state index in [1.54, 1.807) is 12.1 Å². The van der Waals surface area contributed by atoms with Crippen molar-refractivity contribution in [2.24, 2.45) is 0 Å². The quantitative estimate of drug-likeness (QED) is 0.882. The Morgan fingerprint density at radius 3 is 2.86 bits per heavy atom. The number of aromatic nitrogens is 1. The number of ether oxygens (including phenoxy) is 1. The van der Waals surface area contributed by atoms with E-state index in [1.165, 1.54) is 30.0 Å². The number of pyridine rings is 1. The Hall–Kier alpha value is -1.96. The zero-order chi connectivity index (χ0) is 15.4. The molecule has 2 N–H and O–H groups in total. The molecule has 2 unspecified atom stereocenters. The van der Waals surface area contributed by atoms with Crippen LogP contribution in [0.25, 0.3) is 0 Å². The van der Waals surface area contributed by atoms with Gasteiger partial charge in [0.25, 0.3) is 0 Å². The van der Waals surface area contributed by atoms with E-state index < -0.39 is 18.0 Å². The first-order valence-electron chi connectivity index (χ1n) is 6.50. The van der Waals surface area contributed by atoms with Gasteiger partial charge in [-0.3, -0.25) is 4.90 Å². The summed E-state index contributed by atoms with van der Waals surface area (Å²) in [6.07, 6.45) is 2.17. The standard InChI is InChI=1S/C13H17N3O4S/c1-3-11-16(9(7-21-11)12(17)18)13(19)15-8-4-5-10(20-2)14-6-8/h4-6,9,11H,3,7H2,1-2H3,(H,15,19)(H,17,18). The van der Waals surface area contributed by atoms with Gasteiger partial charge in [-0.1, -0.05) is 6.92 Å².